The third kappa shape index (κ3) is 8.23. The highest BCUT2D eigenvalue weighted by atomic mass is 17.2. The van der Waals surface area contributed by atoms with E-state index < -0.39 is 11.9 Å². The van der Waals surface area contributed by atoms with Gasteiger partial charge in [0.25, 0.3) is 0 Å². The molecule has 0 aliphatic rings. The molecule has 16 heavy (non-hydrogen) atoms. The molecule has 0 saturated heterocycles. The van der Waals surface area contributed by atoms with Crippen LogP contribution in [0.25, 0.3) is 0 Å². The fraction of sp³-hybridized carbons (Fsp3) is 0.818. The molecule has 0 atom stereocenters. The molecule has 0 saturated carbocycles. The number of carbonyl (C=O) groups is 2. The van der Waals surface area contributed by atoms with Gasteiger partial charge in [0.2, 0.25) is 0 Å². The molecule has 94 valence electrons. The van der Waals surface area contributed by atoms with Crippen LogP contribution in [0.1, 0.15) is 46.5 Å². The Balaban J connectivity index is 3.46. The highest BCUT2D eigenvalue weighted by molar-refractivity contribution is 6.29. The van der Waals surface area contributed by atoms with Crippen LogP contribution >= 0.6 is 0 Å². The summed E-state index contributed by atoms with van der Waals surface area (Å²) in [7, 11) is 0. The second-order valence-electron chi connectivity index (χ2n) is 3.71. The zero-order chi connectivity index (χ0) is 12.4. The molecule has 5 heteroatoms. The molecule has 0 unspecified atom stereocenters. The number of hydrogen-bond acceptors (Lipinski definition) is 5. The lowest BCUT2D eigenvalue weighted by Crippen LogP contribution is -2.23. The Labute approximate surface area is 96.0 Å². The standard InChI is InChI=1S/C11H20O5/c1-4-5-6-7-8-14-16-11(13)10(12)15-9(2)3/h9H,4-8H2,1-3H3. The smallest absolute Gasteiger partial charge is 0.449 e. The lowest BCUT2D eigenvalue weighted by Gasteiger charge is -2.06. The molecule has 0 aromatic carbocycles. The molecule has 0 aliphatic carbocycles. The van der Waals surface area contributed by atoms with Crippen LogP contribution in [0.15, 0.2) is 0 Å². The van der Waals surface area contributed by atoms with Crippen LogP contribution in [0.2, 0.25) is 0 Å². The molecule has 0 heterocycles. The first kappa shape index (κ1) is 14.9. The van der Waals surface area contributed by atoms with Crippen LogP contribution in [-0.2, 0) is 24.1 Å². The largest absolute Gasteiger partial charge is 0.454 e. The summed E-state index contributed by atoms with van der Waals surface area (Å²) < 4.78 is 4.61. The van der Waals surface area contributed by atoms with Gasteiger partial charge in [-0.15, -0.1) is 0 Å². The van der Waals surface area contributed by atoms with Crippen molar-refractivity contribution in [3.8, 4) is 0 Å². The van der Waals surface area contributed by atoms with Crippen LogP contribution in [0.4, 0.5) is 0 Å². The zero-order valence-corrected chi connectivity index (χ0v) is 10.2. The Morgan fingerprint density at radius 2 is 1.75 bits per heavy atom. The zero-order valence-electron chi connectivity index (χ0n) is 10.2. The first-order chi connectivity index (χ1) is 7.57. The maximum Gasteiger partial charge on any atom is 0.449 e. The van der Waals surface area contributed by atoms with Gasteiger partial charge in [-0.1, -0.05) is 26.2 Å². The van der Waals surface area contributed by atoms with Crippen molar-refractivity contribution in [1.29, 1.82) is 0 Å². The lowest BCUT2D eigenvalue weighted by atomic mass is 10.2. The van der Waals surface area contributed by atoms with Gasteiger partial charge in [-0.3, -0.25) is 4.89 Å². The number of rotatable bonds is 7. The minimum absolute atomic E-state index is 0.306. The van der Waals surface area contributed by atoms with E-state index in [1.807, 2.05) is 0 Å². The number of hydrogen-bond donors (Lipinski definition) is 0. The van der Waals surface area contributed by atoms with Crippen molar-refractivity contribution in [1.82, 2.24) is 0 Å². The van der Waals surface area contributed by atoms with E-state index in [1.54, 1.807) is 13.8 Å². The predicted octanol–water partition coefficient (Wildman–Crippen LogP) is 1.99. The second kappa shape index (κ2) is 9.15. The molecule has 0 spiro atoms. The number of unbranched alkanes of at least 4 members (excludes halogenated alkanes) is 3. The first-order valence-corrected chi connectivity index (χ1v) is 5.62. The normalized spacial score (nSPS) is 10.2. The third-order valence-electron chi connectivity index (χ3n) is 1.73. The molecule has 0 aliphatic heterocycles. The molecule has 0 aromatic heterocycles. The molecule has 0 bridgehead atoms. The van der Waals surface area contributed by atoms with Crippen LogP contribution in [0.3, 0.4) is 0 Å². The van der Waals surface area contributed by atoms with Crippen LogP contribution in [0, 0.1) is 0 Å². The van der Waals surface area contributed by atoms with E-state index in [-0.39, 0.29) is 6.10 Å². The van der Waals surface area contributed by atoms with Gasteiger partial charge in [0, 0.05) is 0 Å². The SMILES string of the molecule is CCCCCCOOC(=O)C(=O)OC(C)C. The van der Waals surface area contributed by atoms with Crippen LogP contribution in [-0.4, -0.2) is 24.6 Å². The molecular weight excluding hydrogens is 212 g/mol. The fourth-order valence-electron chi connectivity index (χ4n) is 0.979. The van der Waals surface area contributed by atoms with Gasteiger partial charge >= 0.3 is 11.9 Å². The number of ether oxygens (including phenoxy) is 1. The highest BCUT2D eigenvalue weighted by Crippen LogP contribution is 1.99. The molecule has 0 amide bonds. The molecular formula is C11H20O5. The van der Waals surface area contributed by atoms with Gasteiger partial charge in [0.15, 0.2) is 0 Å². The summed E-state index contributed by atoms with van der Waals surface area (Å²) in [5.41, 5.74) is 0. The number of esters is 1. The highest BCUT2D eigenvalue weighted by Gasteiger charge is 2.19. The van der Waals surface area contributed by atoms with E-state index in [0.29, 0.717) is 6.61 Å². The maximum atomic E-state index is 10.9. The van der Waals surface area contributed by atoms with Gasteiger partial charge in [0.05, 0.1) is 12.7 Å². The Morgan fingerprint density at radius 1 is 1.06 bits per heavy atom. The molecule has 0 rings (SSSR count). The Hall–Kier alpha value is -1.10. The lowest BCUT2D eigenvalue weighted by molar-refractivity contribution is -0.273. The summed E-state index contributed by atoms with van der Waals surface area (Å²) >= 11 is 0. The Morgan fingerprint density at radius 3 is 2.31 bits per heavy atom. The monoisotopic (exact) mass is 232 g/mol. The Bertz CT molecular complexity index is 212. The van der Waals surface area contributed by atoms with Gasteiger partial charge in [-0.05, 0) is 20.3 Å². The minimum atomic E-state index is -1.11. The van der Waals surface area contributed by atoms with Crippen LogP contribution < -0.4 is 0 Å². The van der Waals surface area contributed by atoms with E-state index in [0.717, 1.165) is 25.7 Å². The van der Waals surface area contributed by atoms with Crippen molar-refractivity contribution in [3.05, 3.63) is 0 Å². The maximum absolute atomic E-state index is 10.9. The quantitative estimate of drug-likeness (QED) is 0.221. The van der Waals surface area contributed by atoms with Crippen molar-refractivity contribution in [2.75, 3.05) is 6.61 Å². The van der Waals surface area contributed by atoms with Crippen molar-refractivity contribution < 1.29 is 24.1 Å². The van der Waals surface area contributed by atoms with E-state index in [9.17, 15) is 9.59 Å². The Kier molecular flexibility index (Phi) is 8.52. The van der Waals surface area contributed by atoms with E-state index in [1.165, 1.54) is 0 Å². The fourth-order valence-corrected chi connectivity index (χ4v) is 0.979. The summed E-state index contributed by atoms with van der Waals surface area (Å²) in [6.45, 7) is 5.71. The van der Waals surface area contributed by atoms with E-state index in [4.69, 9.17) is 0 Å². The molecule has 0 N–H and O–H groups in total. The summed E-state index contributed by atoms with van der Waals surface area (Å²) in [5, 5.41) is 0. The molecule has 5 nitrogen and oxygen atoms in total. The average Bonchev–Trinajstić information content (AvgIpc) is 2.21. The predicted molar refractivity (Wildman–Crippen MR) is 57.4 cm³/mol. The summed E-state index contributed by atoms with van der Waals surface area (Å²) in [5.74, 6) is -2.13. The topological polar surface area (TPSA) is 61.8 Å². The van der Waals surface area contributed by atoms with Gasteiger partial charge < -0.3 is 4.74 Å². The molecule has 0 fully saturated rings. The van der Waals surface area contributed by atoms with E-state index >= 15 is 0 Å². The number of carbonyl (C=O) groups excluding carboxylic acids is 2. The van der Waals surface area contributed by atoms with Crippen molar-refractivity contribution >= 4 is 11.9 Å². The van der Waals surface area contributed by atoms with Crippen molar-refractivity contribution in [3.63, 3.8) is 0 Å². The first-order valence-electron chi connectivity index (χ1n) is 5.62. The van der Waals surface area contributed by atoms with Crippen molar-refractivity contribution in [2.24, 2.45) is 0 Å². The van der Waals surface area contributed by atoms with Crippen molar-refractivity contribution in [2.45, 2.75) is 52.6 Å². The minimum Gasteiger partial charge on any atom is -0.454 e. The van der Waals surface area contributed by atoms with Gasteiger partial charge in [0.1, 0.15) is 0 Å². The van der Waals surface area contributed by atoms with E-state index in [2.05, 4.69) is 21.4 Å². The summed E-state index contributed by atoms with van der Waals surface area (Å²) in [6.07, 6.45) is 3.72. The third-order valence-corrected chi connectivity index (χ3v) is 1.73. The second-order valence-corrected chi connectivity index (χ2v) is 3.71. The summed E-state index contributed by atoms with van der Waals surface area (Å²) in [6, 6.07) is 0. The average molecular weight is 232 g/mol. The molecule has 0 radical (unpaired) electrons. The summed E-state index contributed by atoms with van der Waals surface area (Å²) in [4.78, 5) is 30.8. The van der Waals surface area contributed by atoms with Gasteiger partial charge in [-0.2, -0.15) is 4.89 Å². The van der Waals surface area contributed by atoms with Crippen LogP contribution in [0.5, 0.6) is 0 Å². The molecule has 0 aromatic rings. The van der Waals surface area contributed by atoms with Gasteiger partial charge in [-0.25, -0.2) is 9.59 Å².